The highest BCUT2D eigenvalue weighted by Gasteiger charge is 2.29. The fraction of sp³-hybridized carbons (Fsp3) is 0.667. The van der Waals surface area contributed by atoms with E-state index in [1.807, 2.05) is 7.05 Å². The zero-order valence-electron chi connectivity index (χ0n) is 17.0. The largest absolute Gasteiger partial charge is 0.356 e. The van der Waals surface area contributed by atoms with E-state index < -0.39 is 0 Å². The van der Waals surface area contributed by atoms with Crippen molar-refractivity contribution in [1.29, 1.82) is 0 Å². The maximum absolute atomic E-state index is 4.45. The zero-order valence-corrected chi connectivity index (χ0v) is 19.4. The second kappa shape index (κ2) is 11.2. The van der Waals surface area contributed by atoms with Crippen molar-refractivity contribution in [2.24, 2.45) is 10.9 Å². The zero-order chi connectivity index (χ0) is 18.4. The summed E-state index contributed by atoms with van der Waals surface area (Å²) in [6, 6.07) is 11.8. The number of aliphatic imine (C=N–C) groups is 1. The molecule has 0 aliphatic carbocycles. The van der Waals surface area contributed by atoms with Gasteiger partial charge in [-0.2, -0.15) is 0 Å². The molecule has 3 rings (SSSR count). The van der Waals surface area contributed by atoms with Crippen molar-refractivity contribution in [3.8, 4) is 0 Å². The minimum absolute atomic E-state index is 0. The minimum Gasteiger partial charge on any atom is -0.356 e. The molecule has 2 saturated heterocycles. The number of hydrogen-bond donors (Lipinski definition) is 2. The average molecular weight is 485 g/mol. The van der Waals surface area contributed by atoms with Gasteiger partial charge in [-0.15, -0.1) is 24.0 Å². The first kappa shape index (κ1) is 22.4. The monoisotopic (exact) mass is 485 g/mol. The number of piperidine rings is 1. The lowest BCUT2D eigenvalue weighted by atomic mass is 9.97. The van der Waals surface area contributed by atoms with Gasteiger partial charge >= 0.3 is 0 Å². The molecule has 2 aliphatic heterocycles. The van der Waals surface area contributed by atoms with E-state index in [0.29, 0.717) is 12.1 Å². The Kier molecular flexibility index (Phi) is 9.32. The molecule has 0 aromatic heterocycles. The Hall–Kier alpha value is -0.860. The molecule has 2 fully saturated rings. The summed E-state index contributed by atoms with van der Waals surface area (Å²) in [5.74, 6) is 1.73. The van der Waals surface area contributed by atoms with Gasteiger partial charge < -0.3 is 15.5 Å². The van der Waals surface area contributed by atoms with Crippen LogP contribution < -0.4 is 10.6 Å². The summed E-state index contributed by atoms with van der Waals surface area (Å²) >= 11 is 0. The summed E-state index contributed by atoms with van der Waals surface area (Å²) in [5.41, 5.74) is 1.39. The molecule has 0 amide bonds. The number of benzene rings is 1. The van der Waals surface area contributed by atoms with Crippen LogP contribution in [0.5, 0.6) is 0 Å². The molecule has 2 unspecified atom stereocenters. The Morgan fingerprint density at radius 1 is 1.19 bits per heavy atom. The third kappa shape index (κ3) is 6.91. The van der Waals surface area contributed by atoms with Crippen molar-refractivity contribution < 1.29 is 0 Å². The van der Waals surface area contributed by atoms with Crippen LogP contribution in [0.25, 0.3) is 0 Å². The van der Waals surface area contributed by atoms with Crippen molar-refractivity contribution in [1.82, 2.24) is 20.4 Å². The topological polar surface area (TPSA) is 42.9 Å². The maximum Gasteiger partial charge on any atom is 0.191 e. The maximum atomic E-state index is 4.45. The Labute approximate surface area is 182 Å². The predicted octanol–water partition coefficient (Wildman–Crippen LogP) is 2.77. The molecule has 2 aliphatic rings. The van der Waals surface area contributed by atoms with Gasteiger partial charge in [0.25, 0.3) is 0 Å². The van der Waals surface area contributed by atoms with E-state index in [9.17, 15) is 0 Å². The highest BCUT2D eigenvalue weighted by atomic mass is 127. The van der Waals surface area contributed by atoms with Crippen LogP contribution in [0.3, 0.4) is 0 Å². The van der Waals surface area contributed by atoms with Crippen LogP contribution in [0.2, 0.25) is 0 Å². The summed E-state index contributed by atoms with van der Waals surface area (Å²) in [4.78, 5) is 9.44. The first-order valence-electron chi connectivity index (χ1n) is 10.1. The van der Waals surface area contributed by atoms with E-state index >= 15 is 0 Å². The van der Waals surface area contributed by atoms with Crippen LogP contribution in [-0.4, -0.2) is 68.1 Å². The normalized spacial score (nSPS) is 25.2. The molecule has 2 heterocycles. The minimum atomic E-state index is 0. The lowest BCUT2D eigenvalue weighted by molar-refractivity contribution is 0.220. The van der Waals surface area contributed by atoms with Gasteiger partial charge in [-0.05, 0) is 57.8 Å². The van der Waals surface area contributed by atoms with Gasteiger partial charge in [-0.3, -0.25) is 9.89 Å². The van der Waals surface area contributed by atoms with E-state index in [1.54, 1.807) is 0 Å². The number of hydrogen-bond acceptors (Lipinski definition) is 3. The molecule has 0 spiro atoms. The van der Waals surface area contributed by atoms with Crippen LogP contribution in [0.15, 0.2) is 35.3 Å². The standard InChI is InChI=1S/C21H35N5.HI/c1-17-13-20(16-26(17)15-19-7-5-4-6-8-19)24-21(22-2)23-14-18-9-11-25(3)12-10-18;/h4-8,17-18,20H,9-16H2,1-3H3,(H2,22,23,24);1H. The second-order valence-electron chi connectivity index (χ2n) is 8.04. The van der Waals surface area contributed by atoms with Gasteiger partial charge in [0, 0.05) is 38.8 Å². The Bertz CT molecular complexity index is 571. The summed E-state index contributed by atoms with van der Waals surface area (Å²) in [7, 11) is 4.09. The van der Waals surface area contributed by atoms with Crippen molar-refractivity contribution in [2.45, 2.75) is 44.8 Å². The summed E-state index contributed by atoms with van der Waals surface area (Å²) in [5, 5.41) is 7.21. The number of halogens is 1. The summed E-state index contributed by atoms with van der Waals surface area (Å²) < 4.78 is 0. The van der Waals surface area contributed by atoms with Crippen LogP contribution in [0.4, 0.5) is 0 Å². The van der Waals surface area contributed by atoms with E-state index in [4.69, 9.17) is 0 Å². The molecule has 1 aromatic rings. The number of guanidine groups is 1. The lowest BCUT2D eigenvalue weighted by Crippen LogP contribution is -2.46. The van der Waals surface area contributed by atoms with E-state index in [2.05, 4.69) is 69.7 Å². The molecule has 6 heteroatoms. The molecule has 5 nitrogen and oxygen atoms in total. The van der Waals surface area contributed by atoms with Gasteiger partial charge in [0.15, 0.2) is 5.96 Å². The molecule has 0 bridgehead atoms. The first-order chi connectivity index (χ1) is 12.6. The highest BCUT2D eigenvalue weighted by Crippen LogP contribution is 2.20. The van der Waals surface area contributed by atoms with Crippen LogP contribution in [0.1, 0.15) is 31.7 Å². The van der Waals surface area contributed by atoms with Crippen molar-refractivity contribution in [3.63, 3.8) is 0 Å². The van der Waals surface area contributed by atoms with Crippen molar-refractivity contribution in [2.75, 3.05) is 40.3 Å². The Morgan fingerprint density at radius 2 is 1.89 bits per heavy atom. The summed E-state index contributed by atoms with van der Waals surface area (Å²) in [6.07, 6.45) is 3.74. The van der Waals surface area contributed by atoms with Gasteiger partial charge in [0.1, 0.15) is 0 Å². The van der Waals surface area contributed by atoms with E-state index in [-0.39, 0.29) is 24.0 Å². The molecule has 0 radical (unpaired) electrons. The van der Waals surface area contributed by atoms with Gasteiger partial charge in [-0.1, -0.05) is 30.3 Å². The number of nitrogens with zero attached hydrogens (tertiary/aromatic N) is 3. The molecule has 2 atom stereocenters. The van der Waals surface area contributed by atoms with Gasteiger partial charge in [0.2, 0.25) is 0 Å². The average Bonchev–Trinajstić information content (AvgIpc) is 3.00. The molecular formula is C21H36IN5. The fourth-order valence-electron chi connectivity index (χ4n) is 4.14. The number of likely N-dealkylation sites (tertiary alicyclic amines) is 2. The molecular weight excluding hydrogens is 449 g/mol. The number of rotatable bonds is 5. The van der Waals surface area contributed by atoms with E-state index in [0.717, 1.165) is 31.5 Å². The van der Waals surface area contributed by atoms with Crippen molar-refractivity contribution >= 4 is 29.9 Å². The van der Waals surface area contributed by atoms with Gasteiger partial charge in [0.05, 0.1) is 0 Å². The highest BCUT2D eigenvalue weighted by molar-refractivity contribution is 14.0. The third-order valence-electron chi connectivity index (χ3n) is 5.89. The fourth-order valence-corrected chi connectivity index (χ4v) is 4.14. The van der Waals surface area contributed by atoms with Crippen LogP contribution in [-0.2, 0) is 6.54 Å². The smallest absolute Gasteiger partial charge is 0.191 e. The van der Waals surface area contributed by atoms with Crippen LogP contribution >= 0.6 is 24.0 Å². The lowest BCUT2D eigenvalue weighted by Gasteiger charge is -2.29. The van der Waals surface area contributed by atoms with Crippen molar-refractivity contribution in [3.05, 3.63) is 35.9 Å². The molecule has 152 valence electrons. The predicted molar refractivity (Wildman–Crippen MR) is 125 cm³/mol. The Morgan fingerprint density at radius 3 is 2.56 bits per heavy atom. The molecule has 27 heavy (non-hydrogen) atoms. The third-order valence-corrected chi connectivity index (χ3v) is 5.89. The molecule has 1 aromatic carbocycles. The Balaban J connectivity index is 0.00000261. The van der Waals surface area contributed by atoms with Gasteiger partial charge in [-0.25, -0.2) is 0 Å². The summed E-state index contributed by atoms with van der Waals surface area (Å²) in [6.45, 7) is 7.90. The second-order valence-corrected chi connectivity index (χ2v) is 8.04. The van der Waals surface area contributed by atoms with Crippen LogP contribution in [0, 0.1) is 5.92 Å². The quantitative estimate of drug-likeness (QED) is 0.383. The van der Waals surface area contributed by atoms with E-state index in [1.165, 1.54) is 37.9 Å². The molecule has 0 saturated carbocycles. The SMILES string of the molecule is CN=C(NCC1CCN(C)CC1)NC1CC(C)N(Cc2ccccc2)C1.I. The first-order valence-corrected chi connectivity index (χ1v) is 10.1. The number of nitrogens with one attached hydrogen (secondary N) is 2. The molecule has 2 N–H and O–H groups in total.